The molecule has 0 aliphatic carbocycles. The fourth-order valence-corrected chi connectivity index (χ4v) is 2.79. The van der Waals surface area contributed by atoms with Gasteiger partial charge < -0.3 is 10.1 Å². The normalized spacial score (nSPS) is 11.3. The summed E-state index contributed by atoms with van der Waals surface area (Å²) in [6, 6.07) is 20.7. The van der Waals surface area contributed by atoms with Gasteiger partial charge in [0.1, 0.15) is 5.75 Å². The number of aromatic nitrogens is 1. The number of rotatable bonds is 6. The topological polar surface area (TPSA) is 75.6 Å². The number of hydrogen-bond acceptors (Lipinski definition) is 4. The average molecular weight is 402 g/mol. The fourth-order valence-electron chi connectivity index (χ4n) is 2.79. The van der Waals surface area contributed by atoms with Crippen LogP contribution in [0.5, 0.6) is 5.75 Å². The standard InChI is InChI=1S/C24H26N4O2/c1-17(2)18-10-12-20(13-11-18)27-24(26-16-21-8-4-5-14-25-21)28-23(29)19-7-6-9-22(15-19)30-3/h4-15,17H,16H2,1-3H3,(H2,26,27,28,29). The Labute approximate surface area is 177 Å². The molecule has 0 bridgehead atoms. The zero-order chi connectivity index (χ0) is 21.3. The Balaban J connectivity index is 1.80. The minimum absolute atomic E-state index is 0.278. The lowest BCUT2D eigenvalue weighted by molar-refractivity contribution is 0.0976. The van der Waals surface area contributed by atoms with Crippen LogP contribution in [0.1, 0.15) is 41.4 Å². The third-order valence-corrected chi connectivity index (χ3v) is 4.53. The van der Waals surface area contributed by atoms with Gasteiger partial charge >= 0.3 is 0 Å². The smallest absolute Gasteiger partial charge is 0.258 e. The molecule has 1 amide bonds. The van der Waals surface area contributed by atoms with Gasteiger partial charge in [0.2, 0.25) is 5.96 Å². The Morgan fingerprint density at radius 2 is 1.87 bits per heavy atom. The Morgan fingerprint density at radius 1 is 1.07 bits per heavy atom. The molecule has 0 unspecified atom stereocenters. The number of hydrogen-bond donors (Lipinski definition) is 2. The van der Waals surface area contributed by atoms with Gasteiger partial charge in [-0.1, -0.05) is 38.1 Å². The molecule has 2 N–H and O–H groups in total. The summed E-state index contributed by atoms with van der Waals surface area (Å²) in [5.41, 5.74) is 3.37. The number of ether oxygens (including phenoxy) is 1. The Bertz CT molecular complexity index is 999. The van der Waals surface area contributed by atoms with E-state index in [0.29, 0.717) is 29.7 Å². The molecule has 1 aromatic heterocycles. The molecule has 0 saturated carbocycles. The van der Waals surface area contributed by atoms with Crippen LogP contribution in [0, 0.1) is 0 Å². The molecule has 1 heterocycles. The first-order chi connectivity index (χ1) is 14.5. The van der Waals surface area contributed by atoms with E-state index in [1.165, 1.54) is 5.56 Å². The third kappa shape index (κ3) is 5.91. The number of guanidine groups is 1. The molecule has 2 aromatic carbocycles. The second kappa shape index (κ2) is 10.2. The van der Waals surface area contributed by atoms with E-state index in [9.17, 15) is 4.79 Å². The molecule has 154 valence electrons. The van der Waals surface area contributed by atoms with Crippen LogP contribution in [-0.2, 0) is 6.54 Å². The summed E-state index contributed by atoms with van der Waals surface area (Å²) in [6.45, 7) is 4.64. The largest absolute Gasteiger partial charge is 0.497 e. The van der Waals surface area contributed by atoms with E-state index in [-0.39, 0.29) is 5.91 Å². The molecule has 0 saturated heterocycles. The molecule has 6 heteroatoms. The van der Waals surface area contributed by atoms with Gasteiger partial charge in [-0.15, -0.1) is 0 Å². The van der Waals surface area contributed by atoms with E-state index in [1.54, 1.807) is 37.6 Å². The quantitative estimate of drug-likeness (QED) is 0.466. The van der Waals surface area contributed by atoms with E-state index < -0.39 is 0 Å². The molecule has 0 atom stereocenters. The summed E-state index contributed by atoms with van der Waals surface area (Å²) in [6.07, 6.45) is 1.72. The van der Waals surface area contributed by atoms with Gasteiger partial charge in [-0.2, -0.15) is 0 Å². The van der Waals surface area contributed by atoms with Crippen LogP contribution in [0.2, 0.25) is 0 Å². The van der Waals surface area contributed by atoms with Crippen molar-refractivity contribution in [2.24, 2.45) is 4.99 Å². The first-order valence-electron chi connectivity index (χ1n) is 9.82. The number of nitrogens with zero attached hydrogens (tertiary/aromatic N) is 2. The first-order valence-corrected chi connectivity index (χ1v) is 9.82. The van der Waals surface area contributed by atoms with Crippen LogP contribution in [0.4, 0.5) is 5.69 Å². The molecule has 0 spiro atoms. The van der Waals surface area contributed by atoms with Gasteiger partial charge in [0.15, 0.2) is 0 Å². The highest BCUT2D eigenvalue weighted by Crippen LogP contribution is 2.17. The van der Waals surface area contributed by atoms with E-state index in [2.05, 4.69) is 46.6 Å². The summed E-state index contributed by atoms with van der Waals surface area (Å²) in [7, 11) is 1.57. The molecular formula is C24H26N4O2. The van der Waals surface area contributed by atoms with Crippen molar-refractivity contribution in [2.45, 2.75) is 26.3 Å². The lowest BCUT2D eigenvalue weighted by Crippen LogP contribution is -2.36. The summed E-state index contributed by atoms with van der Waals surface area (Å²) in [4.78, 5) is 21.6. The van der Waals surface area contributed by atoms with Gasteiger partial charge in [-0.3, -0.25) is 15.1 Å². The number of methoxy groups -OCH3 is 1. The van der Waals surface area contributed by atoms with Crippen molar-refractivity contribution >= 4 is 17.6 Å². The van der Waals surface area contributed by atoms with Gasteiger partial charge in [0, 0.05) is 17.4 Å². The van der Waals surface area contributed by atoms with Crippen molar-refractivity contribution in [1.29, 1.82) is 0 Å². The minimum atomic E-state index is -0.278. The number of pyridine rings is 1. The van der Waals surface area contributed by atoms with Crippen LogP contribution < -0.4 is 15.4 Å². The Kier molecular flexibility index (Phi) is 7.16. The lowest BCUT2D eigenvalue weighted by Gasteiger charge is -2.13. The zero-order valence-corrected chi connectivity index (χ0v) is 17.4. The highest BCUT2D eigenvalue weighted by Gasteiger charge is 2.11. The highest BCUT2D eigenvalue weighted by molar-refractivity contribution is 6.10. The summed E-state index contributed by atoms with van der Waals surface area (Å²) < 4.78 is 5.21. The highest BCUT2D eigenvalue weighted by atomic mass is 16.5. The van der Waals surface area contributed by atoms with Crippen molar-refractivity contribution in [2.75, 3.05) is 12.4 Å². The molecule has 3 aromatic rings. The van der Waals surface area contributed by atoms with Crippen LogP contribution in [-0.4, -0.2) is 24.0 Å². The predicted octanol–water partition coefficient (Wildman–Crippen LogP) is 4.61. The van der Waals surface area contributed by atoms with E-state index in [4.69, 9.17) is 4.74 Å². The van der Waals surface area contributed by atoms with Crippen molar-refractivity contribution < 1.29 is 9.53 Å². The summed E-state index contributed by atoms with van der Waals surface area (Å²) in [5, 5.41) is 6.06. The van der Waals surface area contributed by atoms with Crippen LogP contribution in [0.15, 0.2) is 77.9 Å². The van der Waals surface area contributed by atoms with Crippen LogP contribution in [0.25, 0.3) is 0 Å². The van der Waals surface area contributed by atoms with E-state index >= 15 is 0 Å². The molecule has 0 fully saturated rings. The monoisotopic (exact) mass is 402 g/mol. The van der Waals surface area contributed by atoms with Gasteiger partial charge in [-0.05, 0) is 53.9 Å². The molecule has 0 aliphatic heterocycles. The maximum Gasteiger partial charge on any atom is 0.258 e. The number of aliphatic imine (C=N–C) groups is 1. The summed E-state index contributed by atoms with van der Waals surface area (Å²) in [5.74, 6) is 1.14. The maximum atomic E-state index is 12.8. The van der Waals surface area contributed by atoms with Crippen molar-refractivity contribution in [1.82, 2.24) is 10.3 Å². The lowest BCUT2D eigenvalue weighted by atomic mass is 10.0. The number of carbonyl (C=O) groups excluding carboxylic acids is 1. The summed E-state index contributed by atoms with van der Waals surface area (Å²) >= 11 is 0. The van der Waals surface area contributed by atoms with Crippen LogP contribution in [0.3, 0.4) is 0 Å². The number of carbonyl (C=O) groups is 1. The fraction of sp³-hybridized carbons (Fsp3) is 0.208. The molecule has 6 nitrogen and oxygen atoms in total. The molecular weight excluding hydrogens is 376 g/mol. The van der Waals surface area contributed by atoms with Gasteiger partial charge in [0.05, 0.1) is 19.3 Å². The van der Waals surface area contributed by atoms with Crippen LogP contribution >= 0.6 is 0 Å². The number of benzene rings is 2. The third-order valence-electron chi connectivity index (χ3n) is 4.53. The van der Waals surface area contributed by atoms with Crippen molar-refractivity contribution in [3.8, 4) is 5.75 Å². The Morgan fingerprint density at radius 3 is 2.53 bits per heavy atom. The number of nitrogens with one attached hydrogen (secondary N) is 2. The van der Waals surface area contributed by atoms with Gasteiger partial charge in [0.25, 0.3) is 5.91 Å². The minimum Gasteiger partial charge on any atom is -0.497 e. The van der Waals surface area contributed by atoms with E-state index in [1.807, 2.05) is 30.3 Å². The van der Waals surface area contributed by atoms with Crippen molar-refractivity contribution in [3.05, 3.63) is 89.7 Å². The van der Waals surface area contributed by atoms with Gasteiger partial charge in [-0.25, -0.2) is 4.99 Å². The molecule has 0 radical (unpaired) electrons. The van der Waals surface area contributed by atoms with E-state index in [0.717, 1.165) is 11.4 Å². The second-order valence-electron chi connectivity index (χ2n) is 7.07. The van der Waals surface area contributed by atoms with Crippen molar-refractivity contribution in [3.63, 3.8) is 0 Å². The number of anilines is 1. The second-order valence-corrected chi connectivity index (χ2v) is 7.07. The molecule has 0 aliphatic rings. The molecule has 30 heavy (non-hydrogen) atoms. The molecule has 3 rings (SSSR count). The zero-order valence-electron chi connectivity index (χ0n) is 17.4. The maximum absolute atomic E-state index is 12.8. The Hall–Kier alpha value is -3.67. The average Bonchev–Trinajstić information content (AvgIpc) is 2.78. The predicted molar refractivity (Wildman–Crippen MR) is 120 cm³/mol. The number of amides is 1. The first kappa shape index (κ1) is 21.0. The SMILES string of the molecule is COc1cccc(C(=O)NC(=NCc2ccccn2)Nc2ccc(C(C)C)cc2)c1.